The van der Waals surface area contributed by atoms with Crippen molar-refractivity contribution in [2.24, 2.45) is 0 Å². The number of esters is 1. The fourth-order valence-corrected chi connectivity index (χ4v) is 13.7. The highest BCUT2D eigenvalue weighted by Gasteiger charge is 2.30. The number of benzene rings is 2. The quantitative estimate of drug-likeness (QED) is 0.0121. The molecule has 4 amide bonds. The molecule has 0 saturated carbocycles. The molecule has 28 nitrogen and oxygen atoms in total. The van der Waals surface area contributed by atoms with Crippen molar-refractivity contribution in [3.8, 4) is 0 Å². The van der Waals surface area contributed by atoms with Gasteiger partial charge in [0, 0.05) is 75.9 Å². The Labute approximate surface area is 729 Å². The Morgan fingerprint density at radius 2 is 0.919 bits per heavy atom. The molecule has 0 spiro atoms. The SMILES string of the molecule is CCCC[N+](C)(C)Cc1cn(CCN(CC)c2ccc(C3C([O-])=C(c4ccc(N(CCOCC(=O)OC(C)(C)C)CCn5cc(C[N+](C)(C)CCCS(=O)(=O)[O-])nn5)cc4)C3[O-])cc2)nn1.CCNC(=O)c1cccc(C(=O)NCc2ccccccc(CNC(=O)c3cccc(C(=O)NCc4ccccccc(C)cccccc4)n3)cccccc2)n1. The first-order chi connectivity index (χ1) is 59.4. The van der Waals surface area contributed by atoms with E-state index in [1.54, 1.807) is 74.0 Å². The minimum absolute atomic E-state index is 0.124. The molecule has 29 heteroatoms. The molecule has 0 radical (unpaired) electrons. The van der Waals surface area contributed by atoms with Gasteiger partial charge in [0.25, 0.3) is 23.6 Å². The molecule has 4 heterocycles. The summed E-state index contributed by atoms with van der Waals surface area (Å²) in [7, 11) is 4.05. The van der Waals surface area contributed by atoms with E-state index in [0.717, 1.165) is 82.1 Å². The molecule has 658 valence electrons. The summed E-state index contributed by atoms with van der Waals surface area (Å²) < 4.78 is 49.2. The monoisotopic (exact) mass is 1710 g/mol. The van der Waals surface area contributed by atoms with Gasteiger partial charge < -0.3 is 64.3 Å². The molecule has 0 bridgehead atoms. The van der Waals surface area contributed by atoms with Gasteiger partial charge in [-0.05, 0) is 130 Å². The van der Waals surface area contributed by atoms with Gasteiger partial charge in [0.1, 0.15) is 59.5 Å². The summed E-state index contributed by atoms with van der Waals surface area (Å²) in [6.07, 6.45) is 5.26. The third-order valence-electron chi connectivity index (χ3n) is 19.7. The van der Waals surface area contributed by atoms with Gasteiger partial charge in [-0.25, -0.2) is 23.2 Å². The number of nitrogens with zero attached hydrogens (tertiary/aromatic N) is 12. The lowest BCUT2D eigenvalue weighted by molar-refractivity contribution is -0.904. The Hall–Kier alpha value is -12.4. The van der Waals surface area contributed by atoms with Crippen molar-refractivity contribution in [2.75, 3.05) is 103 Å². The lowest BCUT2D eigenvalue weighted by Gasteiger charge is -2.51. The Bertz CT molecular complexity index is 5170. The Morgan fingerprint density at radius 3 is 1.32 bits per heavy atom. The van der Waals surface area contributed by atoms with Crippen LogP contribution in [0.25, 0.3) is 5.57 Å². The van der Waals surface area contributed by atoms with E-state index in [9.17, 15) is 47.2 Å². The van der Waals surface area contributed by atoms with Crippen molar-refractivity contribution < 1.29 is 65.6 Å². The Kier molecular flexibility index (Phi) is 38.4. The second kappa shape index (κ2) is 49.1. The maximum atomic E-state index is 13.7. The van der Waals surface area contributed by atoms with Crippen molar-refractivity contribution in [1.29, 1.82) is 0 Å². The van der Waals surface area contributed by atoms with Gasteiger partial charge >= 0.3 is 5.97 Å². The first-order valence-electron chi connectivity index (χ1n) is 41.8. The Balaban J connectivity index is 0.000000310. The van der Waals surface area contributed by atoms with Crippen LogP contribution in [0.4, 0.5) is 11.4 Å². The molecule has 0 aliphatic heterocycles. The number of amides is 4. The van der Waals surface area contributed by atoms with Crippen LogP contribution in [0.15, 0.2) is 249 Å². The molecule has 4 aromatic carbocycles. The predicted molar refractivity (Wildman–Crippen MR) is 477 cm³/mol. The third kappa shape index (κ3) is 34.1. The van der Waals surface area contributed by atoms with Crippen molar-refractivity contribution in [3.63, 3.8) is 0 Å². The predicted octanol–water partition coefficient (Wildman–Crippen LogP) is 10.6. The van der Waals surface area contributed by atoms with Gasteiger partial charge in [-0.1, -0.05) is 223 Å². The number of pyridine rings is 2. The summed E-state index contributed by atoms with van der Waals surface area (Å²) >= 11 is 0. The second-order valence-corrected chi connectivity index (χ2v) is 33.7. The van der Waals surface area contributed by atoms with E-state index in [1.165, 1.54) is 6.42 Å². The number of carbonyl (C=O) groups is 5. The van der Waals surface area contributed by atoms with Crippen molar-refractivity contribution in [2.45, 2.75) is 131 Å². The highest BCUT2D eigenvalue weighted by Crippen LogP contribution is 2.44. The third-order valence-corrected chi connectivity index (χ3v) is 20.5. The standard InChI is InChI=1S/C48H48N6O4.C47H72N10O8S/c1-3-49-45(55)41-30-20-31-42(53-41)46(56)50-35-39-26-16-8-10-18-28-40(29-19-11-9-17-27-39)36-52-48(58)44-33-21-32-43(54-44)47(57)51-34-38-24-14-6-4-12-22-37(2)23-13-5-7-15-25-38;1-10-12-27-56(6,7)33-38-31-54(50-48-38)24-22-52(11-2)40-18-14-36(15-19-40)43-45(59)44(46(43)60)37-16-20-41(21-17-37)53(26-29-64-35-42(58)65-47(3,4)5)23-25-55-32-39(49-51-55)34-57(8,9)28-13-30-66(61,62)63/h4-33H,3,34-36H2,1-2H3,(H,49,55)(H,50,56)(H,51,57)(H,52,58);14-21,31-32,43,45H,10-13,22-30,33-35H2,1-9H3,(H-,60,61,62,63)/p-1. The summed E-state index contributed by atoms with van der Waals surface area (Å²) in [4.78, 5) is 76.3. The lowest BCUT2D eigenvalue weighted by atomic mass is 9.73. The van der Waals surface area contributed by atoms with E-state index >= 15 is 0 Å². The number of aryl methyl sites for hydroxylation is 1. The number of unbranched alkanes of at least 4 members (excludes halogenated alkanes) is 1. The second-order valence-electron chi connectivity index (χ2n) is 32.2. The number of hydrogen-bond acceptors (Lipinski definition) is 20. The molecule has 4 aromatic heterocycles. The zero-order chi connectivity index (χ0) is 89.5. The normalized spacial score (nSPS) is 13.0. The van der Waals surface area contributed by atoms with Crippen LogP contribution in [0.5, 0.6) is 0 Å². The van der Waals surface area contributed by atoms with E-state index in [1.807, 2.05) is 227 Å². The van der Waals surface area contributed by atoms with Gasteiger partial charge in [-0.15, -0.1) is 16.0 Å². The summed E-state index contributed by atoms with van der Waals surface area (Å²) in [5.74, 6) is -3.34. The van der Waals surface area contributed by atoms with Crippen molar-refractivity contribution >= 4 is 56.7 Å². The summed E-state index contributed by atoms with van der Waals surface area (Å²) in [6, 6.07) is 70.3. The van der Waals surface area contributed by atoms with Crippen molar-refractivity contribution in [3.05, 3.63) is 316 Å². The van der Waals surface area contributed by atoms with E-state index < -0.39 is 57.2 Å². The minimum atomic E-state index is -4.28. The minimum Gasteiger partial charge on any atom is -0.875 e. The fourth-order valence-electron chi connectivity index (χ4n) is 13.2. The number of hydrogen-bond donors (Lipinski definition) is 4. The number of nitrogens with one attached hydrogen (secondary N) is 4. The molecule has 124 heavy (non-hydrogen) atoms. The highest BCUT2D eigenvalue weighted by molar-refractivity contribution is 7.85. The first kappa shape index (κ1) is 97.1. The molecule has 0 saturated heterocycles. The average molecular weight is 1710 g/mol. The van der Waals surface area contributed by atoms with Crippen LogP contribution in [-0.2, 0) is 70.2 Å². The first-order valence-corrected chi connectivity index (χ1v) is 43.4. The maximum absolute atomic E-state index is 13.7. The number of rotatable bonds is 38. The largest absolute Gasteiger partial charge is 0.875 e. The zero-order valence-electron chi connectivity index (χ0n) is 73.1. The summed E-state index contributed by atoms with van der Waals surface area (Å²) in [5.41, 5.74) is 8.73. The fraction of sp³-hybridized carbons (Fsp3) is 0.358. The van der Waals surface area contributed by atoms with Crippen LogP contribution in [0.1, 0.15) is 153 Å². The van der Waals surface area contributed by atoms with Crippen LogP contribution in [-0.4, -0.2) is 196 Å². The molecule has 1 aliphatic carbocycles. The molecule has 9 rings (SSSR count). The zero-order valence-corrected chi connectivity index (χ0v) is 73.9. The molecule has 2 atom stereocenters. The van der Waals surface area contributed by atoms with Crippen LogP contribution in [0, 0.1) is 6.92 Å². The molecule has 8 aromatic rings. The molecule has 4 N–H and O–H groups in total. The van der Waals surface area contributed by atoms with Gasteiger partial charge in [0.05, 0.1) is 83.5 Å². The van der Waals surface area contributed by atoms with E-state index in [-0.39, 0.29) is 79.3 Å². The van der Waals surface area contributed by atoms with E-state index in [4.69, 9.17) is 9.47 Å². The summed E-state index contributed by atoms with van der Waals surface area (Å²) in [5, 5.41) is 56.1. The van der Waals surface area contributed by atoms with Gasteiger partial charge in [0.2, 0.25) is 0 Å². The van der Waals surface area contributed by atoms with E-state index in [0.29, 0.717) is 61.4 Å². The topological polar surface area (TPSA) is 349 Å². The molecular weight excluding hydrogens is 1590 g/mol. The summed E-state index contributed by atoms with van der Waals surface area (Å²) in [6.45, 7) is 21.2. The lowest BCUT2D eigenvalue weighted by Crippen LogP contribution is -2.47. The maximum Gasteiger partial charge on any atom is 0.332 e. The number of aromatic nitrogens is 8. The number of carbonyl (C=O) groups excluding carboxylic acids is 5. The molecule has 0 fully saturated rings. The van der Waals surface area contributed by atoms with Crippen molar-refractivity contribution in [1.82, 2.24) is 61.2 Å². The molecular formula is C95H119N16O12S-. The van der Waals surface area contributed by atoms with Gasteiger partial charge in [-0.3, -0.25) is 28.5 Å². The van der Waals surface area contributed by atoms with Crippen LogP contribution >= 0.6 is 0 Å². The number of likely N-dealkylation sites (N-methyl/N-ethyl adjacent to an activating group) is 1. The highest BCUT2D eigenvalue weighted by atomic mass is 32.2. The number of quaternary nitrogens is 2. The average Bonchev–Trinajstić information content (AvgIpc) is 0.812. The molecule has 1 aliphatic rings. The number of ether oxygens (including phenoxy) is 2. The smallest absolute Gasteiger partial charge is 0.332 e. The Morgan fingerprint density at radius 1 is 0.516 bits per heavy atom. The van der Waals surface area contributed by atoms with Crippen LogP contribution < -0.4 is 41.3 Å². The van der Waals surface area contributed by atoms with Gasteiger partial charge in [0.15, 0.2) is 0 Å². The van der Waals surface area contributed by atoms with Crippen LogP contribution in [0.2, 0.25) is 0 Å². The van der Waals surface area contributed by atoms with Crippen LogP contribution in [0.3, 0.4) is 0 Å². The van der Waals surface area contributed by atoms with E-state index in [2.05, 4.69) is 89.6 Å². The number of anilines is 2. The van der Waals surface area contributed by atoms with Gasteiger partial charge in [-0.2, -0.15) is 0 Å². The molecule has 2 unspecified atom stereocenters.